The molecule has 1 amide bonds. The number of ether oxygens (including phenoxy) is 1. The van der Waals surface area contributed by atoms with Gasteiger partial charge in [-0.1, -0.05) is 38.1 Å². The lowest BCUT2D eigenvalue weighted by Gasteiger charge is -2.17. The fourth-order valence-electron chi connectivity index (χ4n) is 3.04. The molecule has 1 N–H and O–H groups in total. The van der Waals surface area contributed by atoms with Gasteiger partial charge in [0.05, 0.1) is 4.90 Å². The van der Waals surface area contributed by atoms with Crippen molar-refractivity contribution < 1.29 is 27.1 Å². The predicted molar refractivity (Wildman–Crippen MR) is 124 cm³/mol. The van der Waals surface area contributed by atoms with Crippen molar-refractivity contribution in [2.75, 3.05) is 26.7 Å². The summed E-state index contributed by atoms with van der Waals surface area (Å²) in [7, 11) is -2.39. The number of carbonyl (C=O) groups excluding carboxylic acids is 2. The molecule has 0 radical (unpaired) electrons. The number of hydrogen-bond donors (Lipinski definition) is 1. The summed E-state index contributed by atoms with van der Waals surface area (Å²) in [6, 6.07) is 12.8. The minimum Gasteiger partial charge on any atom is -0.456 e. The summed E-state index contributed by atoms with van der Waals surface area (Å²) >= 11 is 0. The van der Waals surface area contributed by atoms with Crippen LogP contribution in [0.3, 0.4) is 0 Å². The zero-order chi connectivity index (χ0) is 24.4. The van der Waals surface area contributed by atoms with Gasteiger partial charge in [-0.3, -0.25) is 9.59 Å². The topological polar surface area (TPSA) is 92.8 Å². The Hall–Kier alpha value is -2.78. The number of amides is 1. The Balaban J connectivity index is 1.64. The van der Waals surface area contributed by atoms with Gasteiger partial charge < -0.3 is 10.1 Å². The van der Waals surface area contributed by atoms with Crippen LogP contribution in [-0.4, -0.2) is 51.3 Å². The first kappa shape index (κ1) is 26.5. The highest BCUT2D eigenvalue weighted by Crippen LogP contribution is 2.16. The number of halogens is 1. The van der Waals surface area contributed by atoms with E-state index in [9.17, 15) is 22.4 Å². The number of nitrogens with zero attached hydrogens (tertiary/aromatic N) is 1. The smallest absolute Gasteiger partial charge is 0.306 e. The van der Waals surface area contributed by atoms with Gasteiger partial charge in [0.2, 0.25) is 10.0 Å². The average Bonchev–Trinajstić information content (AvgIpc) is 2.78. The molecule has 0 bridgehead atoms. The average molecular weight is 479 g/mol. The van der Waals surface area contributed by atoms with Crippen LogP contribution in [0, 0.1) is 5.82 Å². The molecule has 2 aromatic carbocycles. The van der Waals surface area contributed by atoms with E-state index in [1.165, 1.54) is 24.7 Å². The predicted octanol–water partition coefficient (Wildman–Crippen LogP) is 3.25. The van der Waals surface area contributed by atoms with E-state index in [2.05, 4.69) is 31.3 Å². The van der Waals surface area contributed by atoms with Crippen LogP contribution in [0.1, 0.15) is 43.7 Å². The Morgan fingerprint density at radius 3 is 2.30 bits per heavy atom. The maximum Gasteiger partial charge on any atom is 0.306 e. The van der Waals surface area contributed by atoms with Crippen molar-refractivity contribution in [1.29, 1.82) is 0 Å². The van der Waals surface area contributed by atoms with Crippen LogP contribution in [0.5, 0.6) is 0 Å². The molecule has 0 saturated heterocycles. The molecule has 0 aliphatic rings. The highest BCUT2D eigenvalue weighted by Gasteiger charge is 2.20. The molecule has 0 spiro atoms. The summed E-state index contributed by atoms with van der Waals surface area (Å²) in [5.74, 6) is -1.03. The Bertz CT molecular complexity index is 1020. The maximum absolute atomic E-state index is 13.0. The summed E-state index contributed by atoms with van der Waals surface area (Å²) in [5, 5.41) is 2.71. The van der Waals surface area contributed by atoms with E-state index in [-0.39, 0.29) is 30.9 Å². The standard InChI is InChI=1S/C24H31FN2O5S/c1-18(2)20-8-6-19(7-9-20)14-15-26-23(28)17-32-24(29)5-4-16-27(3)33(30,31)22-12-10-21(25)11-13-22/h6-13,18H,4-5,14-17H2,1-3H3,(H,26,28). The minimum atomic E-state index is -3.77. The first-order valence-electron chi connectivity index (χ1n) is 10.8. The summed E-state index contributed by atoms with van der Waals surface area (Å²) in [4.78, 5) is 23.7. The fraction of sp³-hybridized carbons (Fsp3) is 0.417. The molecule has 7 nitrogen and oxygen atoms in total. The molecule has 2 aromatic rings. The monoisotopic (exact) mass is 478 g/mol. The van der Waals surface area contributed by atoms with Gasteiger partial charge in [0.25, 0.3) is 5.91 Å². The van der Waals surface area contributed by atoms with Crippen LogP contribution >= 0.6 is 0 Å². The second-order valence-corrected chi connectivity index (χ2v) is 10.1. The molecule has 0 unspecified atom stereocenters. The molecule has 0 heterocycles. The van der Waals surface area contributed by atoms with E-state index in [1.807, 2.05) is 12.1 Å². The van der Waals surface area contributed by atoms with Crippen molar-refractivity contribution in [2.45, 2.75) is 43.9 Å². The molecule has 0 aliphatic carbocycles. The van der Waals surface area contributed by atoms with Crippen molar-refractivity contribution in [3.63, 3.8) is 0 Å². The van der Waals surface area contributed by atoms with E-state index in [0.717, 1.165) is 22.0 Å². The Kier molecular flexibility index (Phi) is 9.99. The van der Waals surface area contributed by atoms with Crippen molar-refractivity contribution in [2.24, 2.45) is 0 Å². The van der Waals surface area contributed by atoms with Gasteiger partial charge in [-0.2, -0.15) is 0 Å². The fourth-order valence-corrected chi connectivity index (χ4v) is 4.25. The largest absolute Gasteiger partial charge is 0.456 e. The number of sulfonamides is 1. The summed E-state index contributed by atoms with van der Waals surface area (Å²) in [5.41, 5.74) is 2.37. The molecule has 2 rings (SSSR count). The molecule has 0 atom stereocenters. The molecule has 180 valence electrons. The van der Waals surface area contributed by atoms with Crippen molar-refractivity contribution in [3.8, 4) is 0 Å². The van der Waals surface area contributed by atoms with Crippen LogP contribution in [0.25, 0.3) is 0 Å². The molecule has 0 aromatic heterocycles. The number of rotatable bonds is 12. The lowest BCUT2D eigenvalue weighted by atomic mass is 10.0. The second kappa shape index (κ2) is 12.5. The Labute approximate surface area is 195 Å². The lowest BCUT2D eigenvalue weighted by molar-refractivity contribution is -0.148. The van der Waals surface area contributed by atoms with Gasteiger partial charge in [-0.15, -0.1) is 0 Å². The van der Waals surface area contributed by atoms with Crippen LogP contribution in [0.4, 0.5) is 4.39 Å². The highest BCUT2D eigenvalue weighted by molar-refractivity contribution is 7.89. The van der Waals surface area contributed by atoms with Gasteiger partial charge in [0.15, 0.2) is 6.61 Å². The van der Waals surface area contributed by atoms with Crippen LogP contribution in [0.15, 0.2) is 53.4 Å². The number of benzene rings is 2. The Morgan fingerprint density at radius 2 is 1.70 bits per heavy atom. The highest BCUT2D eigenvalue weighted by atomic mass is 32.2. The molecule has 0 fully saturated rings. The van der Waals surface area contributed by atoms with Crippen molar-refractivity contribution in [1.82, 2.24) is 9.62 Å². The van der Waals surface area contributed by atoms with Crippen molar-refractivity contribution >= 4 is 21.9 Å². The SMILES string of the molecule is CC(C)c1ccc(CCNC(=O)COC(=O)CCCN(C)S(=O)(=O)c2ccc(F)cc2)cc1. The van der Waals surface area contributed by atoms with E-state index < -0.39 is 27.7 Å². The van der Waals surface area contributed by atoms with Gasteiger partial charge in [0, 0.05) is 26.6 Å². The number of nitrogens with one attached hydrogen (secondary N) is 1. The Morgan fingerprint density at radius 1 is 1.06 bits per heavy atom. The summed E-state index contributed by atoms with van der Waals surface area (Å²) in [6.07, 6.45) is 0.870. The normalized spacial score (nSPS) is 11.6. The van der Waals surface area contributed by atoms with E-state index in [0.29, 0.717) is 18.9 Å². The minimum absolute atomic E-state index is 0.0264. The zero-order valence-electron chi connectivity index (χ0n) is 19.2. The first-order chi connectivity index (χ1) is 15.6. The molecule has 0 saturated carbocycles. The number of carbonyl (C=O) groups is 2. The quantitative estimate of drug-likeness (QED) is 0.473. The third-order valence-electron chi connectivity index (χ3n) is 5.12. The van der Waals surface area contributed by atoms with E-state index in [4.69, 9.17) is 4.74 Å². The van der Waals surface area contributed by atoms with Gasteiger partial charge in [-0.05, 0) is 54.2 Å². The molecule has 33 heavy (non-hydrogen) atoms. The zero-order valence-corrected chi connectivity index (χ0v) is 20.0. The van der Waals surface area contributed by atoms with Crippen LogP contribution in [0.2, 0.25) is 0 Å². The number of esters is 1. The van der Waals surface area contributed by atoms with Gasteiger partial charge in [-0.25, -0.2) is 17.1 Å². The molecule has 0 aliphatic heterocycles. The summed E-state index contributed by atoms with van der Waals surface area (Å²) in [6.45, 7) is 4.39. The number of hydrogen-bond acceptors (Lipinski definition) is 5. The van der Waals surface area contributed by atoms with Crippen LogP contribution in [-0.2, 0) is 30.8 Å². The molecule has 9 heteroatoms. The second-order valence-electron chi connectivity index (χ2n) is 8.04. The van der Waals surface area contributed by atoms with E-state index >= 15 is 0 Å². The maximum atomic E-state index is 13.0. The third kappa shape index (κ3) is 8.58. The first-order valence-corrected chi connectivity index (χ1v) is 12.3. The summed E-state index contributed by atoms with van der Waals surface area (Å²) < 4.78 is 43.9. The van der Waals surface area contributed by atoms with Gasteiger partial charge >= 0.3 is 5.97 Å². The third-order valence-corrected chi connectivity index (χ3v) is 6.99. The van der Waals surface area contributed by atoms with Crippen molar-refractivity contribution in [3.05, 3.63) is 65.5 Å². The molecular formula is C24H31FN2O5S. The molecular weight excluding hydrogens is 447 g/mol. The van der Waals surface area contributed by atoms with E-state index in [1.54, 1.807) is 0 Å². The van der Waals surface area contributed by atoms with Gasteiger partial charge in [0.1, 0.15) is 5.82 Å². The lowest BCUT2D eigenvalue weighted by Crippen LogP contribution is -2.31. The van der Waals surface area contributed by atoms with Crippen LogP contribution < -0.4 is 5.32 Å².